The van der Waals surface area contributed by atoms with Crippen LogP contribution in [0, 0.1) is 0 Å². The molecule has 0 aromatic carbocycles. The van der Waals surface area contributed by atoms with Crippen LogP contribution in [0.3, 0.4) is 0 Å². The normalized spacial score (nSPS) is 11.8. The molecule has 2 rings (SSSR count). The van der Waals surface area contributed by atoms with E-state index >= 15 is 0 Å². The average Bonchev–Trinajstić information content (AvgIpc) is 2.98. The number of aromatic nitrogens is 1. The van der Waals surface area contributed by atoms with Gasteiger partial charge in [0.2, 0.25) is 10.0 Å². The number of hydrogen-bond donors (Lipinski definition) is 2. The van der Waals surface area contributed by atoms with Crippen molar-refractivity contribution in [1.82, 2.24) is 9.71 Å². The van der Waals surface area contributed by atoms with Crippen molar-refractivity contribution in [3.05, 3.63) is 33.6 Å². The molecule has 0 radical (unpaired) electrons. The molecule has 98 valence electrons. The topological polar surface area (TPSA) is 85.1 Å². The van der Waals surface area contributed by atoms with Gasteiger partial charge in [-0.05, 0) is 25.1 Å². The Kier molecular flexibility index (Phi) is 4.46. The van der Waals surface area contributed by atoms with Crippen LogP contribution in [0.5, 0.6) is 0 Å². The number of hydrogen-bond acceptors (Lipinski definition) is 6. The number of thiophene rings is 1. The van der Waals surface area contributed by atoms with Gasteiger partial charge >= 0.3 is 0 Å². The van der Waals surface area contributed by atoms with Crippen molar-refractivity contribution in [1.29, 1.82) is 0 Å². The molecule has 0 unspecified atom stereocenters. The molecule has 0 aliphatic heterocycles. The van der Waals surface area contributed by atoms with Crippen molar-refractivity contribution in [3.8, 4) is 0 Å². The zero-order valence-electron chi connectivity index (χ0n) is 9.50. The molecule has 0 spiro atoms. The predicted molar refractivity (Wildman–Crippen MR) is 73.2 cm³/mol. The monoisotopic (exact) mass is 303 g/mol. The van der Waals surface area contributed by atoms with E-state index in [0.29, 0.717) is 17.2 Å². The van der Waals surface area contributed by atoms with Gasteiger partial charge in [0.05, 0.1) is 6.54 Å². The summed E-state index contributed by atoms with van der Waals surface area (Å²) in [6.07, 6.45) is 2.35. The summed E-state index contributed by atoms with van der Waals surface area (Å²) in [5, 5.41) is 2.56. The van der Waals surface area contributed by atoms with Gasteiger partial charge in [-0.3, -0.25) is 0 Å². The Balaban J connectivity index is 2.05. The lowest BCUT2D eigenvalue weighted by atomic mass is 10.3. The summed E-state index contributed by atoms with van der Waals surface area (Å²) in [5.41, 5.74) is 5.44. The zero-order chi connectivity index (χ0) is 13.0. The second-order valence-corrected chi connectivity index (χ2v) is 7.65. The Labute approximate surface area is 114 Å². The maximum atomic E-state index is 12.0. The highest BCUT2D eigenvalue weighted by molar-refractivity contribution is 7.91. The quantitative estimate of drug-likeness (QED) is 0.839. The van der Waals surface area contributed by atoms with E-state index in [1.165, 1.54) is 22.7 Å². The van der Waals surface area contributed by atoms with E-state index in [2.05, 4.69) is 9.71 Å². The molecule has 0 saturated carbocycles. The molecule has 2 heterocycles. The molecule has 8 heteroatoms. The van der Waals surface area contributed by atoms with E-state index < -0.39 is 10.0 Å². The van der Waals surface area contributed by atoms with Gasteiger partial charge < -0.3 is 5.73 Å². The third-order valence-corrected chi connectivity index (χ3v) is 6.01. The molecule has 2 aromatic heterocycles. The molecular formula is C10H13N3O2S3. The summed E-state index contributed by atoms with van der Waals surface area (Å²) < 4.78 is 26.8. The van der Waals surface area contributed by atoms with Gasteiger partial charge in [-0.15, -0.1) is 22.7 Å². The van der Waals surface area contributed by atoms with Crippen molar-refractivity contribution in [3.63, 3.8) is 0 Å². The van der Waals surface area contributed by atoms with Crippen LogP contribution in [-0.2, 0) is 23.0 Å². The Bertz CT molecular complexity index is 590. The fraction of sp³-hybridized carbons (Fsp3) is 0.300. The van der Waals surface area contributed by atoms with Crippen LogP contribution in [0.2, 0.25) is 0 Å². The van der Waals surface area contributed by atoms with Crippen LogP contribution in [0.15, 0.2) is 27.9 Å². The third-order valence-electron chi connectivity index (χ3n) is 2.19. The molecule has 0 aliphatic rings. The maximum Gasteiger partial charge on any atom is 0.250 e. The second-order valence-electron chi connectivity index (χ2n) is 3.51. The van der Waals surface area contributed by atoms with Crippen LogP contribution in [0.1, 0.15) is 9.88 Å². The van der Waals surface area contributed by atoms with E-state index in [1.54, 1.807) is 18.3 Å². The van der Waals surface area contributed by atoms with E-state index in [-0.39, 0.29) is 6.54 Å². The minimum absolute atomic E-state index is 0.226. The molecule has 0 fully saturated rings. The minimum atomic E-state index is -3.44. The average molecular weight is 303 g/mol. The van der Waals surface area contributed by atoms with Gasteiger partial charge in [-0.2, -0.15) is 0 Å². The van der Waals surface area contributed by atoms with Gasteiger partial charge in [0, 0.05) is 16.5 Å². The summed E-state index contributed by atoms with van der Waals surface area (Å²) in [6, 6.07) is 3.41. The molecule has 0 bridgehead atoms. The van der Waals surface area contributed by atoms with Crippen LogP contribution >= 0.6 is 22.7 Å². The Morgan fingerprint density at radius 2 is 2.22 bits per heavy atom. The van der Waals surface area contributed by atoms with E-state index in [9.17, 15) is 8.42 Å². The molecule has 0 saturated heterocycles. The van der Waals surface area contributed by atoms with Gasteiger partial charge in [-0.1, -0.05) is 0 Å². The standard InChI is InChI=1S/C10H13N3O2S3/c11-4-3-8-1-2-10(17-8)18(14,15)13-7-9-12-5-6-16-9/h1-2,5-6,13H,3-4,7,11H2. The SMILES string of the molecule is NCCc1ccc(S(=O)(=O)NCc2nccs2)s1. The first-order chi connectivity index (χ1) is 8.62. The highest BCUT2D eigenvalue weighted by Crippen LogP contribution is 2.21. The summed E-state index contributed by atoms with van der Waals surface area (Å²) in [5.74, 6) is 0. The Morgan fingerprint density at radius 3 is 2.89 bits per heavy atom. The van der Waals surface area contributed by atoms with Gasteiger partial charge in [0.25, 0.3) is 0 Å². The Hall–Kier alpha value is -0.800. The number of nitrogens with two attached hydrogens (primary N) is 1. The lowest BCUT2D eigenvalue weighted by molar-refractivity contribution is 0.583. The van der Waals surface area contributed by atoms with Crippen molar-refractivity contribution < 1.29 is 8.42 Å². The number of nitrogens with zero attached hydrogens (tertiary/aromatic N) is 1. The summed E-state index contributed by atoms with van der Waals surface area (Å²) >= 11 is 2.68. The molecule has 2 aromatic rings. The van der Waals surface area contributed by atoms with Crippen molar-refractivity contribution in [2.24, 2.45) is 5.73 Å². The smallest absolute Gasteiger partial charge is 0.250 e. The minimum Gasteiger partial charge on any atom is -0.330 e. The van der Waals surface area contributed by atoms with Crippen molar-refractivity contribution >= 4 is 32.7 Å². The maximum absolute atomic E-state index is 12.0. The summed E-state index contributed by atoms with van der Waals surface area (Å²) in [6.45, 7) is 0.747. The number of thiazole rings is 1. The first kappa shape index (κ1) is 13.6. The van der Waals surface area contributed by atoms with Crippen LogP contribution < -0.4 is 10.5 Å². The van der Waals surface area contributed by atoms with E-state index in [0.717, 1.165) is 9.88 Å². The molecule has 3 N–H and O–H groups in total. The van der Waals surface area contributed by atoms with E-state index in [4.69, 9.17) is 5.73 Å². The lowest BCUT2D eigenvalue weighted by Gasteiger charge is -2.01. The zero-order valence-corrected chi connectivity index (χ0v) is 11.9. The summed E-state index contributed by atoms with van der Waals surface area (Å²) in [7, 11) is -3.44. The van der Waals surface area contributed by atoms with Crippen LogP contribution in [-0.4, -0.2) is 19.9 Å². The van der Waals surface area contributed by atoms with E-state index in [1.807, 2.05) is 5.38 Å². The number of rotatable bonds is 6. The van der Waals surface area contributed by atoms with Gasteiger partial charge in [-0.25, -0.2) is 18.1 Å². The van der Waals surface area contributed by atoms with Crippen LogP contribution in [0.4, 0.5) is 0 Å². The fourth-order valence-corrected chi connectivity index (χ4v) is 4.40. The fourth-order valence-electron chi connectivity index (χ4n) is 1.35. The highest BCUT2D eigenvalue weighted by atomic mass is 32.2. The second kappa shape index (κ2) is 5.89. The van der Waals surface area contributed by atoms with Gasteiger partial charge in [0.1, 0.15) is 9.22 Å². The Morgan fingerprint density at radius 1 is 1.39 bits per heavy atom. The molecule has 0 amide bonds. The first-order valence-electron chi connectivity index (χ1n) is 5.28. The number of nitrogens with one attached hydrogen (secondary N) is 1. The molecule has 0 aliphatic carbocycles. The van der Waals surface area contributed by atoms with Crippen LogP contribution in [0.25, 0.3) is 0 Å². The molecule has 0 atom stereocenters. The first-order valence-corrected chi connectivity index (χ1v) is 8.46. The van der Waals surface area contributed by atoms with Gasteiger partial charge in [0.15, 0.2) is 0 Å². The molecule has 18 heavy (non-hydrogen) atoms. The lowest BCUT2D eigenvalue weighted by Crippen LogP contribution is -2.22. The predicted octanol–water partition coefficient (Wildman–Crippen LogP) is 1.18. The van der Waals surface area contributed by atoms with Crippen molar-refractivity contribution in [2.75, 3.05) is 6.54 Å². The number of sulfonamides is 1. The largest absolute Gasteiger partial charge is 0.330 e. The highest BCUT2D eigenvalue weighted by Gasteiger charge is 2.16. The van der Waals surface area contributed by atoms with Crippen molar-refractivity contribution in [2.45, 2.75) is 17.2 Å². The third kappa shape index (κ3) is 3.36. The summed E-state index contributed by atoms with van der Waals surface area (Å²) in [4.78, 5) is 5.00. The molecule has 5 nitrogen and oxygen atoms in total. The molecular weight excluding hydrogens is 290 g/mol.